The summed E-state index contributed by atoms with van der Waals surface area (Å²) in [4.78, 5) is 0. The number of rotatable bonds is 0. The van der Waals surface area contributed by atoms with Gasteiger partial charge < -0.3 is 27.3 Å². The average Bonchev–Trinajstić information content (AvgIpc) is 1.41. The Morgan fingerprint density at radius 3 is 0.471 bits per heavy atom. The van der Waals surface area contributed by atoms with Crippen LogP contribution < -0.4 is 29.6 Å². The summed E-state index contributed by atoms with van der Waals surface area (Å²) in [6, 6.07) is 0. The van der Waals surface area contributed by atoms with Crippen LogP contribution in [0.2, 0.25) is 0 Å². The third kappa shape index (κ3) is 2240. The van der Waals surface area contributed by atoms with Gasteiger partial charge in [0, 0.05) is 31.2 Å². The largest absolute Gasteiger partial charge is 5.00 e. The minimum atomic E-state index is -5.17. The first-order valence-electron chi connectivity index (χ1n) is 2.00. The Hall–Kier alpha value is 1.35. The van der Waals surface area contributed by atoms with E-state index in [9.17, 15) is 0 Å². The molecule has 0 radical (unpaired) electrons. The van der Waals surface area contributed by atoms with Crippen LogP contribution in [0.5, 0.6) is 0 Å². The third-order valence-electron chi connectivity index (χ3n) is 0. The van der Waals surface area contributed by atoms with E-state index in [0.29, 0.717) is 0 Å². The predicted octanol–water partition coefficient (Wildman–Crippen LogP) is -7.01. The van der Waals surface area contributed by atoms with Crippen LogP contribution in [0.3, 0.4) is 0 Å². The first kappa shape index (κ1) is 31.0. The van der Waals surface area contributed by atoms with E-state index in [1.807, 2.05) is 0 Å². The molecule has 96 valence electrons. The van der Waals surface area contributed by atoms with Crippen LogP contribution in [0.1, 0.15) is 0 Å². The van der Waals surface area contributed by atoms with Crippen molar-refractivity contribution in [2.75, 3.05) is 0 Å². The van der Waals surface area contributed by atoms with Crippen molar-refractivity contribution in [2.24, 2.45) is 0 Å². The zero-order valence-corrected chi connectivity index (χ0v) is 14.2. The first-order chi connectivity index (χ1) is 6.00. The van der Waals surface area contributed by atoms with E-state index in [1.54, 1.807) is 0 Å². The molecule has 12 nitrogen and oxygen atoms in total. The van der Waals surface area contributed by atoms with Crippen molar-refractivity contribution in [2.45, 2.75) is 0 Å². The summed E-state index contributed by atoms with van der Waals surface area (Å²) < 4.78 is 102. The second-order valence-electron chi connectivity index (χ2n) is 1.22. The zero-order chi connectivity index (χ0) is 13.5. The van der Waals surface area contributed by atoms with Crippen molar-refractivity contribution >= 4 is 31.2 Å². The van der Waals surface area contributed by atoms with Gasteiger partial charge in [-0.05, 0) is 0 Å². The van der Waals surface area contributed by atoms with Crippen molar-refractivity contribution in [1.82, 2.24) is 0 Å². The Labute approximate surface area is 134 Å². The van der Waals surface area contributed by atoms with Gasteiger partial charge in [-0.25, -0.2) is 0 Å². The molecule has 0 spiro atoms. The van der Waals surface area contributed by atoms with Gasteiger partial charge in [0.05, 0.1) is 0 Å². The molecule has 0 rings (SSSR count). The van der Waals surface area contributed by atoms with Crippen molar-refractivity contribution in [3.63, 3.8) is 0 Å². The van der Waals surface area contributed by atoms with E-state index in [2.05, 4.69) is 0 Å². The summed E-state index contributed by atoms with van der Waals surface area (Å²) in [6.07, 6.45) is 0. The number of hydrogen-bond acceptors (Lipinski definition) is 12. The first-order valence-corrected chi connectivity index (χ1v) is 6.00. The molecule has 0 aliphatic carbocycles. The normalized spacial score (nSPS) is 10.2. The minimum absolute atomic E-state index is 0. The Bertz CT molecular complexity index is 343. The molecule has 0 saturated heterocycles. The average molecular weight is 404 g/mol. The Morgan fingerprint density at radius 2 is 0.471 bits per heavy atom. The van der Waals surface area contributed by atoms with Crippen LogP contribution in [-0.2, 0) is 53.6 Å². The minimum Gasteiger partial charge on any atom is -0.759 e. The molecule has 0 heterocycles. The van der Waals surface area contributed by atoms with Crippen LogP contribution in [0.15, 0.2) is 0 Å². The van der Waals surface area contributed by atoms with E-state index in [4.69, 9.17) is 52.6 Å². The fourth-order valence-electron chi connectivity index (χ4n) is 0. The van der Waals surface area contributed by atoms with Crippen molar-refractivity contribution in [3.05, 3.63) is 0 Å². The molecule has 0 aromatic carbocycles. The summed E-state index contributed by atoms with van der Waals surface area (Å²) >= 11 is 0. The van der Waals surface area contributed by atoms with Crippen LogP contribution in [0.4, 0.5) is 0 Å². The molecule has 0 N–H and O–H groups in total. The Kier molecular flexibility index (Phi) is 22.6. The quantitative estimate of drug-likeness (QED) is 0.208. The molecule has 0 bridgehead atoms. The molecular formula is NaNbO12S3. The predicted molar refractivity (Wildman–Crippen MR) is 31.4 cm³/mol. The Balaban J connectivity index is -0.0000000400. The molecule has 0 atom stereocenters. The third-order valence-corrected chi connectivity index (χ3v) is 0. The molecule has 0 aliphatic rings. The zero-order valence-electron chi connectivity index (χ0n) is 7.57. The molecule has 17 heavy (non-hydrogen) atoms. The van der Waals surface area contributed by atoms with Crippen molar-refractivity contribution < 1.29 is 105 Å². The summed E-state index contributed by atoms with van der Waals surface area (Å²) in [5.41, 5.74) is 0. The second kappa shape index (κ2) is 12.4. The molecule has 0 aromatic heterocycles. The standard InChI is InChI=1S/Na.Nb.3H2O4S/c;;3*1-5(2,3)4/h;;3*(H2,1,2,3,4)/q+1;+5;;;/p-6. The van der Waals surface area contributed by atoms with Crippen LogP contribution in [-0.4, -0.2) is 52.6 Å². The summed E-state index contributed by atoms with van der Waals surface area (Å²) in [5.74, 6) is 0. The smallest absolute Gasteiger partial charge is 0.759 e. The molecule has 17 heteroatoms. The van der Waals surface area contributed by atoms with Gasteiger partial charge in [0.2, 0.25) is 0 Å². The van der Waals surface area contributed by atoms with E-state index in [1.165, 1.54) is 0 Å². The van der Waals surface area contributed by atoms with Gasteiger partial charge in [-0.1, -0.05) is 0 Å². The molecule has 0 unspecified atom stereocenters. The maximum atomic E-state index is 8.52. The van der Waals surface area contributed by atoms with Crippen molar-refractivity contribution in [1.29, 1.82) is 0 Å². The summed E-state index contributed by atoms with van der Waals surface area (Å²) in [6.45, 7) is 0. The molecule has 0 aromatic rings. The van der Waals surface area contributed by atoms with E-state index in [-0.39, 0.29) is 51.9 Å². The van der Waals surface area contributed by atoms with Gasteiger partial charge in [-0.2, -0.15) is 0 Å². The fraction of sp³-hybridized carbons (Fsp3) is 0. The summed E-state index contributed by atoms with van der Waals surface area (Å²) in [5, 5.41) is 0. The van der Waals surface area contributed by atoms with Gasteiger partial charge >= 0.3 is 51.9 Å². The topological polar surface area (TPSA) is 241 Å². The SMILES string of the molecule is O=S(=O)([O-])[O-].O=S(=O)([O-])[O-].O=S(=O)([O-])[O-].[Na+].[Nb+5]. The van der Waals surface area contributed by atoms with Gasteiger partial charge in [0.25, 0.3) is 0 Å². The van der Waals surface area contributed by atoms with Crippen molar-refractivity contribution in [3.8, 4) is 0 Å². The fourth-order valence-corrected chi connectivity index (χ4v) is 0. The van der Waals surface area contributed by atoms with E-state index in [0.717, 1.165) is 0 Å². The van der Waals surface area contributed by atoms with Crippen LogP contribution in [0, 0.1) is 0 Å². The molecule has 0 aliphatic heterocycles. The van der Waals surface area contributed by atoms with Crippen LogP contribution >= 0.6 is 0 Å². The molecule has 0 saturated carbocycles. The monoisotopic (exact) mass is 404 g/mol. The van der Waals surface area contributed by atoms with E-state index >= 15 is 0 Å². The van der Waals surface area contributed by atoms with E-state index < -0.39 is 31.2 Å². The Morgan fingerprint density at radius 1 is 0.471 bits per heavy atom. The molecule has 0 amide bonds. The number of hydrogen-bond donors (Lipinski definition) is 0. The summed E-state index contributed by atoms with van der Waals surface area (Å²) in [7, 11) is -15.5. The van der Waals surface area contributed by atoms with Gasteiger partial charge in [0.1, 0.15) is 0 Å². The van der Waals surface area contributed by atoms with Crippen LogP contribution in [0.25, 0.3) is 0 Å². The second-order valence-corrected chi connectivity index (χ2v) is 3.67. The van der Waals surface area contributed by atoms with Gasteiger partial charge in [-0.15, -0.1) is 0 Å². The molecular weight excluding hydrogens is 404 g/mol. The maximum Gasteiger partial charge on any atom is 5.00 e. The maximum absolute atomic E-state index is 8.52. The van der Waals surface area contributed by atoms with Gasteiger partial charge in [-0.3, -0.25) is 25.3 Å². The molecule has 0 fully saturated rings. The van der Waals surface area contributed by atoms with Gasteiger partial charge in [0.15, 0.2) is 0 Å².